The van der Waals surface area contributed by atoms with Crippen LogP contribution in [0.5, 0.6) is 0 Å². The predicted molar refractivity (Wildman–Crippen MR) is 61.3 cm³/mol. The smallest absolute Gasteiger partial charge is 0.0552 e. The van der Waals surface area contributed by atoms with E-state index in [0.717, 1.165) is 29.5 Å². The van der Waals surface area contributed by atoms with Crippen molar-refractivity contribution in [2.24, 2.45) is 11.8 Å². The topological polar surface area (TPSA) is 9.23 Å². The van der Waals surface area contributed by atoms with Crippen molar-refractivity contribution >= 4 is 27.7 Å². The van der Waals surface area contributed by atoms with Gasteiger partial charge in [0.1, 0.15) is 0 Å². The molecule has 12 heavy (non-hydrogen) atoms. The summed E-state index contributed by atoms with van der Waals surface area (Å²) in [5.41, 5.74) is 0. The van der Waals surface area contributed by atoms with Crippen LogP contribution in [-0.2, 0) is 4.74 Å². The summed E-state index contributed by atoms with van der Waals surface area (Å²) < 4.78 is 4.99. The summed E-state index contributed by atoms with van der Waals surface area (Å²) in [5, 5.41) is 1.12. The van der Waals surface area contributed by atoms with Crippen molar-refractivity contribution < 1.29 is 4.74 Å². The van der Waals surface area contributed by atoms with Crippen molar-refractivity contribution in [3.8, 4) is 0 Å². The first-order valence-electron chi connectivity index (χ1n) is 4.35. The molecule has 1 atom stereocenters. The summed E-state index contributed by atoms with van der Waals surface area (Å²) in [6, 6.07) is 0. The van der Waals surface area contributed by atoms with Crippen LogP contribution in [0.4, 0.5) is 0 Å². The van der Waals surface area contributed by atoms with Gasteiger partial charge in [-0.25, -0.2) is 0 Å². The monoisotopic (exact) mass is 254 g/mol. The maximum absolute atomic E-state index is 4.99. The lowest BCUT2D eigenvalue weighted by atomic mass is 10.0. The standard InChI is InChI=1S/C9H19BrOS/c1-8(2)9(6-10)7-12-5-4-11-3/h8-9H,4-7H2,1-3H3. The van der Waals surface area contributed by atoms with E-state index in [1.54, 1.807) is 7.11 Å². The zero-order chi connectivity index (χ0) is 9.40. The molecule has 0 aromatic carbocycles. The second-order valence-corrected chi connectivity index (χ2v) is 5.02. The van der Waals surface area contributed by atoms with E-state index in [9.17, 15) is 0 Å². The van der Waals surface area contributed by atoms with E-state index in [1.807, 2.05) is 11.8 Å². The largest absolute Gasteiger partial charge is 0.384 e. The van der Waals surface area contributed by atoms with Crippen LogP contribution in [0.2, 0.25) is 0 Å². The number of thioether (sulfide) groups is 1. The maximum Gasteiger partial charge on any atom is 0.0552 e. The van der Waals surface area contributed by atoms with Crippen LogP contribution in [0.25, 0.3) is 0 Å². The van der Waals surface area contributed by atoms with Crippen LogP contribution < -0.4 is 0 Å². The number of rotatable bonds is 7. The summed E-state index contributed by atoms with van der Waals surface area (Å²) in [4.78, 5) is 0. The lowest BCUT2D eigenvalue weighted by Crippen LogP contribution is -2.13. The van der Waals surface area contributed by atoms with Crippen molar-refractivity contribution in [1.82, 2.24) is 0 Å². The zero-order valence-corrected chi connectivity index (χ0v) is 10.6. The first-order valence-corrected chi connectivity index (χ1v) is 6.62. The molecule has 0 fully saturated rings. The normalized spacial score (nSPS) is 13.8. The third kappa shape index (κ3) is 6.32. The fourth-order valence-corrected chi connectivity index (χ4v) is 3.33. The molecule has 0 aliphatic rings. The number of methoxy groups -OCH3 is 1. The molecule has 0 saturated carbocycles. The Kier molecular flexibility index (Phi) is 8.94. The molecule has 3 heteroatoms. The van der Waals surface area contributed by atoms with Gasteiger partial charge in [-0.05, 0) is 17.6 Å². The molecule has 0 aromatic rings. The molecular weight excluding hydrogens is 236 g/mol. The van der Waals surface area contributed by atoms with Gasteiger partial charge in [-0.3, -0.25) is 0 Å². The molecule has 0 aromatic heterocycles. The van der Waals surface area contributed by atoms with Gasteiger partial charge in [-0.1, -0.05) is 29.8 Å². The number of alkyl halides is 1. The van der Waals surface area contributed by atoms with E-state index in [1.165, 1.54) is 5.75 Å². The molecule has 1 nitrogen and oxygen atoms in total. The van der Waals surface area contributed by atoms with Gasteiger partial charge in [0.05, 0.1) is 6.61 Å². The molecule has 0 N–H and O–H groups in total. The molecule has 0 amide bonds. The molecule has 0 heterocycles. The van der Waals surface area contributed by atoms with Gasteiger partial charge >= 0.3 is 0 Å². The van der Waals surface area contributed by atoms with Crippen molar-refractivity contribution in [3.63, 3.8) is 0 Å². The predicted octanol–water partition coefficient (Wildman–Crippen LogP) is 3.03. The van der Waals surface area contributed by atoms with Gasteiger partial charge in [-0.15, -0.1) is 0 Å². The van der Waals surface area contributed by atoms with Gasteiger partial charge in [-0.2, -0.15) is 11.8 Å². The van der Waals surface area contributed by atoms with Gasteiger partial charge in [0.25, 0.3) is 0 Å². The van der Waals surface area contributed by atoms with E-state index in [-0.39, 0.29) is 0 Å². The fourth-order valence-electron chi connectivity index (χ4n) is 0.792. The maximum atomic E-state index is 4.99. The van der Waals surface area contributed by atoms with E-state index in [4.69, 9.17) is 4.74 Å². The Bertz CT molecular complexity index is 98.5. The van der Waals surface area contributed by atoms with Gasteiger partial charge in [0.15, 0.2) is 0 Å². The third-order valence-electron chi connectivity index (χ3n) is 1.90. The third-order valence-corrected chi connectivity index (χ3v) is 3.86. The Morgan fingerprint density at radius 2 is 2.08 bits per heavy atom. The Labute approximate surface area is 88.8 Å². The van der Waals surface area contributed by atoms with Crippen LogP contribution in [0.1, 0.15) is 13.8 Å². The lowest BCUT2D eigenvalue weighted by Gasteiger charge is -2.17. The highest BCUT2D eigenvalue weighted by Gasteiger charge is 2.10. The first kappa shape index (κ1) is 12.8. The van der Waals surface area contributed by atoms with Crippen LogP contribution in [0.3, 0.4) is 0 Å². The second kappa shape index (κ2) is 8.39. The highest BCUT2D eigenvalue weighted by Crippen LogP contribution is 2.19. The SMILES string of the molecule is COCCSCC(CBr)C(C)C. The number of hydrogen-bond donors (Lipinski definition) is 0. The summed E-state index contributed by atoms with van der Waals surface area (Å²) in [7, 11) is 1.75. The van der Waals surface area contributed by atoms with Crippen LogP contribution >= 0.6 is 27.7 Å². The zero-order valence-electron chi connectivity index (χ0n) is 8.18. The molecule has 0 bridgehead atoms. The molecule has 0 radical (unpaired) electrons. The summed E-state index contributed by atoms with van der Waals surface area (Å²) >= 11 is 5.52. The van der Waals surface area contributed by atoms with Crippen LogP contribution in [-0.4, -0.2) is 30.6 Å². The molecule has 74 valence electrons. The van der Waals surface area contributed by atoms with Crippen LogP contribution in [0, 0.1) is 11.8 Å². The molecule has 1 unspecified atom stereocenters. The molecule has 0 rings (SSSR count). The Balaban J connectivity index is 3.32. The van der Waals surface area contributed by atoms with E-state index in [0.29, 0.717) is 0 Å². The fraction of sp³-hybridized carbons (Fsp3) is 1.00. The van der Waals surface area contributed by atoms with Gasteiger partial charge in [0.2, 0.25) is 0 Å². The van der Waals surface area contributed by atoms with Crippen molar-refractivity contribution in [1.29, 1.82) is 0 Å². The summed E-state index contributed by atoms with van der Waals surface area (Å²) in [6.07, 6.45) is 0. The minimum Gasteiger partial charge on any atom is -0.384 e. The van der Waals surface area contributed by atoms with Gasteiger partial charge < -0.3 is 4.74 Å². The van der Waals surface area contributed by atoms with E-state index in [2.05, 4.69) is 29.8 Å². The van der Waals surface area contributed by atoms with Crippen molar-refractivity contribution in [3.05, 3.63) is 0 Å². The minimum atomic E-state index is 0.777. The molecule has 0 saturated heterocycles. The summed E-state index contributed by atoms with van der Waals surface area (Å²) in [6.45, 7) is 5.43. The number of hydrogen-bond acceptors (Lipinski definition) is 2. The molecular formula is C9H19BrOS. The number of halogens is 1. The molecule has 0 aliphatic carbocycles. The first-order chi connectivity index (χ1) is 5.72. The Morgan fingerprint density at radius 1 is 1.42 bits per heavy atom. The second-order valence-electron chi connectivity index (χ2n) is 3.23. The Morgan fingerprint density at radius 3 is 2.50 bits per heavy atom. The highest BCUT2D eigenvalue weighted by molar-refractivity contribution is 9.09. The van der Waals surface area contributed by atoms with Crippen molar-refractivity contribution in [2.45, 2.75) is 13.8 Å². The average Bonchev–Trinajstić information content (AvgIpc) is 2.04. The van der Waals surface area contributed by atoms with E-state index < -0.39 is 0 Å². The molecule has 0 spiro atoms. The molecule has 0 aliphatic heterocycles. The highest BCUT2D eigenvalue weighted by atomic mass is 79.9. The summed E-state index contributed by atoms with van der Waals surface area (Å²) in [5.74, 6) is 3.94. The van der Waals surface area contributed by atoms with E-state index >= 15 is 0 Å². The van der Waals surface area contributed by atoms with Gasteiger partial charge in [0, 0.05) is 18.2 Å². The lowest BCUT2D eigenvalue weighted by molar-refractivity contribution is 0.218. The number of ether oxygens (including phenoxy) is 1. The van der Waals surface area contributed by atoms with Crippen molar-refractivity contribution in [2.75, 3.05) is 30.6 Å². The Hall–Kier alpha value is 0.790. The van der Waals surface area contributed by atoms with Crippen LogP contribution in [0.15, 0.2) is 0 Å². The quantitative estimate of drug-likeness (QED) is 0.511. The average molecular weight is 255 g/mol. The minimum absolute atomic E-state index is 0.777.